The van der Waals surface area contributed by atoms with Gasteiger partial charge in [0.2, 0.25) is 5.91 Å². The minimum atomic E-state index is -1.25. The molecule has 0 aliphatic rings. The highest BCUT2D eigenvalue weighted by Gasteiger charge is 2.22. The molecule has 0 saturated heterocycles. The van der Waals surface area contributed by atoms with Gasteiger partial charge in [0, 0.05) is 59.2 Å². The average molecular weight is 1070 g/mol. The van der Waals surface area contributed by atoms with E-state index in [1.54, 1.807) is 7.05 Å². The summed E-state index contributed by atoms with van der Waals surface area (Å²) in [6, 6.07) is 0. The van der Waals surface area contributed by atoms with Gasteiger partial charge in [0.25, 0.3) is 0 Å². The molecule has 0 radical (unpaired) electrons. The standard InChI is InChI=1S/C58H96N4O14/c1-4-6-8-10-12-14-16-18-20-22-24-26-28-30-32-36-57(72)75-50-51(76-58(73)37-33-31-29-27-25-23-21-19-17-15-13-11-9-7-5-2)49-74-43-35-34-38-59(3)52(63)44-61(46-54(66)67)41-39-60(45-53(64)65)40-42-62(47-55(68)69)48-56(70)71/h6-9,12-15,18-21,51H,4-5,10-11,16-17,22-50H2,1-3H3,(H,64,65)(H,66,67)(H,68,69)(H,70,71)/b8-6+,9-7+,14-12+,15-13+,20-18+,21-19+. The highest BCUT2D eigenvalue weighted by atomic mass is 16.6. The van der Waals surface area contributed by atoms with Crippen LogP contribution in [0.5, 0.6) is 0 Å². The number of carbonyl (C=O) groups is 7. The van der Waals surface area contributed by atoms with Crippen molar-refractivity contribution >= 4 is 41.7 Å². The van der Waals surface area contributed by atoms with E-state index in [1.807, 2.05) is 0 Å². The SMILES string of the molecule is CC/C=C/C/C=C/C/C=C/CCCCCCCC(=O)OCC(COCCCCN(C)C(=O)CN(CCN(CCN(CC(=O)O)CC(=O)O)CC(=O)O)CC(=O)O)OC(=O)CCCCCCC/C=C/C/C=C/C/C=C/CC. The molecule has 432 valence electrons. The fourth-order valence-electron chi connectivity index (χ4n) is 7.63. The average Bonchev–Trinajstić information content (AvgIpc) is 3.36. The molecule has 18 nitrogen and oxygen atoms in total. The second kappa shape index (κ2) is 50.4. The molecule has 0 spiro atoms. The molecule has 0 heterocycles. The predicted molar refractivity (Wildman–Crippen MR) is 297 cm³/mol. The number of carbonyl (C=O) groups excluding carboxylic acids is 3. The van der Waals surface area contributed by atoms with Gasteiger partial charge in [-0.2, -0.15) is 0 Å². The lowest BCUT2D eigenvalue weighted by atomic mass is 10.1. The van der Waals surface area contributed by atoms with Crippen molar-refractivity contribution in [1.82, 2.24) is 19.6 Å². The van der Waals surface area contributed by atoms with Crippen molar-refractivity contribution in [3.05, 3.63) is 72.9 Å². The normalized spacial score (nSPS) is 12.5. The molecule has 0 saturated carbocycles. The smallest absolute Gasteiger partial charge is 0.317 e. The summed E-state index contributed by atoms with van der Waals surface area (Å²) >= 11 is 0. The fraction of sp³-hybridized carbons (Fsp3) is 0.672. The summed E-state index contributed by atoms with van der Waals surface area (Å²) in [5.41, 5.74) is 0. The van der Waals surface area contributed by atoms with E-state index in [-0.39, 0.29) is 83.2 Å². The van der Waals surface area contributed by atoms with Gasteiger partial charge in [0.05, 0.1) is 39.3 Å². The predicted octanol–water partition coefficient (Wildman–Crippen LogP) is 9.12. The molecular formula is C58H96N4O14. The van der Waals surface area contributed by atoms with Crippen molar-refractivity contribution < 1.29 is 68.2 Å². The maximum atomic E-state index is 13.2. The number of unbranched alkanes of at least 4 members (excludes halogenated alkanes) is 11. The van der Waals surface area contributed by atoms with Gasteiger partial charge in [-0.1, -0.05) is 125 Å². The van der Waals surface area contributed by atoms with E-state index < -0.39 is 56.2 Å². The van der Waals surface area contributed by atoms with Crippen LogP contribution in [-0.4, -0.2) is 180 Å². The first-order chi connectivity index (χ1) is 36.7. The Hall–Kier alpha value is -5.43. The van der Waals surface area contributed by atoms with Gasteiger partial charge >= 0.3 is 35.8 Å². The first kappa shape index (κ1) is 70.6. The minimum Gasteiger partial charge on any atom is -0.480 e. The van der Waals surface area contributed by atoms with Crippen LogP contribution < -0.4 is 0 Å². The second-order valence-electron chi connectivity index (χ2n) is 18.9. The zero-order valence-electron chi connectivity index (χ0n) is 46.4. The van der Waals surface area contributed by atoms with E-state index in [4.69, 9.17) is 24.4 Å². The molecule has 0 aromatic heterocycles. The van der Waals surface area contributed by atoms with E-state index in [9.17, 15) is 43.8 Å². The topological polar surface area (TPSA) is 241 Å². The van der Waals surface area contributed by atoms with E-state index in [1.165, 1.54) is 14.7 Å². The van der Waals surface area contributed by atoms with Crippen LogP contribution >= 0.6 is 0 Å². The Bertz CT molecular complexity index is 1750. The lowest BCUT2D eigenvalue weighted by molar-refractivity contribution is -0.163. The summed E-state index contributed by atoms with van der Waals surface area (Å²) in [6.07, 6.45) is 44.8. The van der Waals surface area contributed by atoms with E-state index in [0.29, 0.717) is 32.2 Å². The highest BCUT2D eigenvalue weighted by molar-refractivity contribution is 5.79. The first-order valence-electron chi connectivity index (χ1n) is 27.8. The summed E-state index contributed by atoms with van der Waals surface area (Å²) < 4.78 is 17.2. The van der Waals surface area contributed by atoms with E-state index in [0.717, 1.165) is 108 Å². The number of carboxylic acid groups (broad SMARTS) is 4. The Labute approximate surface area is 454 Å². The maximum Gasteiger partial charge on any atom is 0.317 e. The number of rotatable bonds is 52. The molecule has 76 heavy (non-hydrogen) atoms. The largest absolute Gasteiger partial charge is 0.480 e. The Morgan fingerprint density at radius 3 is 1.29 bits per heavy atom. The number of carboxylic acids is 4. The third-order valence-electron chi connectivity index (χ3n) is 11.8. The highest BCUT2D eigenvalue weighted by Crippen LogP contribution is 2.12. The summed E-state index contributed by atoms with van der Waals surface area (Å²) in [7, 11) is 1.59. The molecular weight excluding hydrogens is 977 g/mol. The second-order valence-corrected chi connectivity index (χ2v) is 18.9. The van der Waals surface area contributed by atoms with Crippen LogP contribution in [0.4, 0.5) is 0 Å². The molecule has 0 fully saturated rings. The zero-order valence-corrected chi connectivity index (χ0v) is 46.4. The zero-order chi connectivity index (χ0) is 56.3. The van der Waals surface area contributed by atoms with Crippen molar-refractivity contribution in [3.8, 4) is 0 Å². The Balaban J connectivity index is 5.05. The van der Waals surface area contributed by atoms with Gasteiger partial charge in [0.1, 0.15) is 6.61 Å². The number of amides is 1. The summed E-state index contributed by atoms with van der Waals surface area (Å²) in [5, 5.41) is 37.2. The molecule has 0 bridgehead atoms. The number of allylic oxidation sites excluding steroid dienone is 12. The first-order valence-corrected chi connectivity index (χ1v) is 27.8. The lowest BCUT2D eigenvalue weighted by Crippen LogP contribution is -2.46. The van der Waals surface area contributed by atoms with Crippen molar-refractivity contribution in [2.24, 2.45) is 0 Å². The van der Waals surface area contributed by atoms with Gasteiger partial charge in [0.15, 0.2) is 6.10 Å². The molecule has 1 amide bonds. The van der Waals surface area contributed by atoms with Gasteiger partial charge in [-0.3, -0.25) is 48.3 Å². The fourth-order valence-corrected chi connectivity index (χ4v) is 7.63. The van der Waals surface area contributed by atoms with Crippen LogP contribution in [0.25, 0.3) is 0 Å². The Morgan fingerprint density at radius 2 is 0.816 bits per heavy atom. The van der Waals surface area contributed by atoms with Gasteiger partial charge in [-0.15, -0.1) is 0 Å². The van der Waals surface area contributed by atoms with Gasteiger partial charge in [-0.25, -0.2) is 0 Å². The summed E-state index contributed by atoms with van der Waals surface area (Å²) in [4.78, 5) is 89.8. The molecule has 0 rings (SSSR count). The maximum absolute atomic E-state index is 13.2. The quantitative estimate of drug-likeness (QED) is 0.0252. The van der Waals surface area contributed by atoms with Crippen LogP contribution in [0.2, 0.25) is 0 Å². The number of ether oxygens (including phenoxy) is 3. The van der Waals surface area contributed by atoms with Crippen molar-refractivity contribution in [2.75, 3.05) is 92.3 Å². The van der Waals surface area contributed by atoms with E-state index >= 15 is 0 Å². The molecule has 18 heteroatoms. The Morgan fingerprint density at radius 1 is 0.421 bits per heavy atom. The number of likely N-dealkylation sites (N-methyl/N-ethyl adjacent to an activating group) is 1. The third-order valence-corrected chi connectivity index (χ3v) is 11.8. The molecule has 0 aliphatic carbocycles. The summed E-state index contributed by atoms with van der Waals surface area (Å²) in [5.74, 6) is -5.96. The van der Waals surface area contributed by atoms with Crippen LogP contribution in [0.1, 0.15) is 155 Å². The number of hydrogen-bond acceptors (Lipinski definition) is 13. The molecule has 4 N–H and O–H groups in total. The van der Waals surface area contributed by atoms with Crippen LogP contribution in [0.3, 0.4) is 0 Å². The molecule has 1 atom stereocenters. The number of hydrogen-bond donors (Lipinski definition) is 4. The number of esters is 2. The molecule has 1 unspecified atom stereocenters. The minimum absolute atomic E-state index is 0.00428. The lowest BCUT2D eigenvalue weighted by Gasteiger charge is -2.28. The van der Waals surface area contributed by atoms with E-state index in [2.05, 4.69) is 86.8 Å². The van der Waals surface area contributed by atoms with Crippen molar-refractivity contribution in [1.29, 1.82) is 0 Å². The van der Waals surface area contributed by atoms with Crippen molar-refractivity contribution in [3.63, 3.8) is 0 Å². The molecule has 0 aromatic carbocycles. The molecule has 0 aliphatic heterocycles. The van der Waals surface area contributed by atoms with Crippen LogP contribution in [-0.2, 0) is 47.8 Å². The van der Waals surface area contributed by atoms with Gasteiger partial charge in [-0.05, 0) is 89.9 Å². The summed E-state index contributed by atoms with van der Waals surface area (Å²) in [6.45, 7) is 2.33. The van der Waals surface area contributed by atoms with Crippen molar-refractivity contribution in [2.45, 2.75) is 161 Å². The Kier molecular flexibility index (Phi) is 46.8. The van der Waals surface area contributed by atoms with Crippen LogP contribution in [0.15, 0.2) is 72.9 Å². The van der Waals surface area contributed by atoms with Gasteiger partial charge < -0.3 is 39.5 Å². The monoisotopic (exact) mass is 1070 g/mol. The third kappa shape index (κ3) is 48.2. The molecule has 0 aromatic rings. The number of nitrogens with zero attached hydrogens (tertiary/aromatic N) is 4. The van der Waals surface area contributed by atoms with Crippen LogP contribution in [0, 0.1) is 0 Å². The number of aliphatic carboxylic acids is 4.